The van der Waals surface area contributed by atoms with E-state index in [1.807, 2.05) is 24.3 Å². The lowest BCUT2D eigenvalue weighted by Crippen LogP contribution is -2.32. The first-order chi connectivity index (χ1) is 10.5. The van der Waals surface area contributed by atoms with Crippen molar-refractivity contribution in [1.82, 2.24) is 0 Å². The zero-order valence-electron chi connectivity index (χ0n) is 13.0. The zero-order valence-corrected chi connectivity index (χ0v) is 13.0. The van der Waals surface area contributed by atoms with Gasteiger partial charge in [0.15, 0.2) is 0 Å². The summed E-state index contributed by atoms with van der Waals surface area (Å²) in [7, 11) is 0. The second-order valence-corrected chi connectivity index (χ2v) is 6.59. The second kappa shape index (κ2) is 4.37. The molecule has 4 rings (SSSR count). The fraction of sp³-hybridized carbons (Fsp3) is 0.263. The van der Waals surface area contributed by atoms with Crippen LogP contribution in [-0.2, 0) is 0 Å². The van der Waals surface area contributed by atoms with Gasteiger partial charge < -0.3 is 15.2 Å². The van der Waals surface area contributed by atoms with Crippen LogP contribution in [0, 0.1) is 0 Å². The van der Waals surface area contributed by atoms with Crippen molar-refractivity contribution >= 4 is 11.3 Å². The van der Waals surface area contributed by atoms with E-state index in [0.29, 0.717) is 0 Å². The summed E-state index contributed by atoms with van der Waals surface area (Å²) >= 11 is 0. The Bertz CT molecular complexity index is 805. The molecule has 2 N–H and O–H groups in total. The van der Waals surface area contributed by atoms with Gasteiger partial charge in [0, 0.05) is 22.4 Å². The van der Waals surface area contributed by atoms with Gasteiger partial charge in [0.1, 0.15) is 5.75 Å². The van der Waals surface area contributed by atoms with Gasteiger partial charge in [-0.2, -0.15) is 0 Å². The molecule has 2 heterocycles. The number of fused-ring (bicyclic) bond motifs is 5. The van der Waals surface area contributed by atoms with Gasteiger partial charge in [-0.3, -0.25) is 0 Å². The summed E-state index contributed by atoms with van der Waals surface area (Å²) < 4.78 is 5.73. The maximum Gasteiger partial charge on any atom is 0.225 e. The maximum atomic E-state index is 10.5. The fourth-order valence-electron chi connectivity index (χ4n) is 3.61. The predicted octanol–water partition coefficient (Wildman–Crippen LogP) is 4.34. The van der Waals surface area contributed by atoms with Crippen LogP contribution in [0.5, 0.6) is 5.75 Å². The van der Waals surface area contributed by atoms with Gasteiger partial charge in [0.25, 0.3) is 0 Å². The van der Waals surface area contributed by atoms with Crippen molar-refractivity contribution in [3.8, 4) is 16.9 Å². The van der Waals surface area contributed by atoms with Crippen molar-refractivity contribution in [2.45, 2.75) is 32.6 Å². The molecule has 0 aliphatic carbocycles. The highest BCUT2D eigenvalue weighted by Crippen LogP contribution is 2.48. The fourth-order valence-corrected chi connectivity index (χ4v) is 3.61. The third-order valence-corrected chi connectivity index (χ3v) is 4.34. The molecule has 0 amide bonds. The van der Waals surface area contributed by atoms with E-state index in [9.17, 15) is 5.11 Å². The molecule has 0 bridgehead atoms. The van der Waals surface area contributed by atoms with Crippen LogP contribution < -0.4 is 10.1 Å². The van der Waals surface area contributed by atoms with E-state index in [2.05, 4.69) is 44.3 Å². The van der Waals surface area contributed by atoms with Crippen LogP contribution in [0.25, 0.3) is 16.7 Å². The van der Waals surface area contributed by atoms with Crippen molar-refractivity contribution in [2.24, 2.45) is 0 Å². The number of aliphatic hydroxyl groups is 1. The number of hydrogen-bond donors (Lipinski definition) is 2. The highest BCUT2D eigenvalue weighted by molar-refractivity contribution is 5.89. The number of para-hydroxylation sites is 1. The summed E-state index contributed by atoms with van der Waals surface area (Å²) in [5.41, 5.74) is 6.10. The first-order valence-corrected chi connectivity index (χ1v) is 7.55. The van der Waals surface area contributed by atoms with Gasteiger partial charge in [-0.05, 0) is 44.0 Å². The van der Waals surface area contributed by atoms with E-state index >= 15 is 0 Å². The minimum atomic E-state index is -0.939. The highest BCUT2D eigenvalue weighted by Gasteiger charge is 2.32. The van der Waals surface area contributed by atoms with Crippen LogP contribution in [0.15, 0.2) is 42.5 Å². The quantitative estimate of drug-likeness (QED) is 0.759. The van der Waals surface area contributed by atoms with Gasteiger partial charge >= 0.3 is 0 Å². The lowest BCUT2D eigenvalue weighted by Gasteiger charge is -2.35. The van der Waals surface area contributed by atoms with Gasteiger partial charge in [0.05, 0.1) is 5.54 Å². The molecule has 1 unspecified atom stereocenters. The summed E-state index contributed by atoms with van der Waals surface area (Å²) in [4.78, 5) is 0. The van der Waals surface area contributed by atoms with Crippen molar-refractivity contribution in [3.05, 3.63) is 53.6 Å². The molecule has 22 heavy (non-hydrogen) atoms. The number of aliphatic hydroxyl groups excluding tert-OH is 1. The predicted molar refractivity (Wildman–Crippen MR) is 88.8 cm³/mol. The van der Waals surface area contributed by atoms with E-state index in [1.54, 1.807) is 0 Å². The van der Waals surface area contributed by atoms with E-state index in [0.717, 1.165) is 39.3 Å². The molecule has 0 spiro atoms. The molecule has 0 fully saturated rings. The lowest BCUT2D eigenvalue weighted by molar-refractivity contribution is -0.0214. The van der Waals surface area contributed by atoms with Gasteiger partial charge in [-0.15, -0.1) is 0 Å². The standard InChI is InChI=1S/C19H19NO2/c1-11-10-19(2,3)20-14-9-8-13-12-6-4-5-7-15(12)22-18(21)17(13)16(11)14/h4-10,18,20-21H,1-3H3. The molecular weight excluding hydrogens is 274 g/mol. The number of nitrogens with one attached hydrogen (secondary N) is 1. The third-order valence-electron chi connectivity index (χ3n) is 4.34. The highest BCUT2D eigenvalue weighted by atomic mass is 16.6. The molecule has 3 nitrogen and oxygen atoms in total. The smallest absolute Gasteiger partial charge is 0.225 e. The Balaban J connectivity index is 2.01. The largest absolute Gasteiger partial charge is 0.460 e. The molecule has 1 atom stereocenters. The molecule has 2 aliphatic rings. The first kappa shape index (κ1) is 13.4. The Hall–Kier alpha value is -2.26. The van der Waals surface area contributed by atoms with Crippen LogP contribution in [0.4, 0.5) is 5.69 Å². The number of ether oxygens (including phenoxy) is 1. The molecule has 0 radical (unpaired) electrons. The average Bonchev–Trinajstić information content (AvgIpc) is 2.45. The number of hydrogen-bond acceptors (Lipinski definition) is 3. The summed E-state index contributed by atoms with van der Waals surface area (Å²) in [5, 5.41) is 14.1. The Morgan fingerprint density at radius 3 is 2.68 bits per heavy atom. The van der Waals surface area contributed by atoms with Gasteiger partial charge in [-0.1, -0.05) is 30.3 Å². The minimum Gasteiger partial charge on any atom is -0.460 e. The zero-order chi connectivity index (χ0) is 15.5. The Labute approximate surface area is 130 Å². The second-order valence-electron chi connectivity index (χ2n) is 6.59. The molecule has 3 heteroatoms. The maximum absolute atomic E-state index is 10.5. The van der Waals surface area contributed by atoms with E-state index in [1.165, 1.54) is 0 Å². The Kier molecular flexibility index (Phi) is 2.66. The van der Waals surface area contributed by atoms with E-state index < -0.39 is 6.29 Å². The number of anilines is 1. The molecule has 2 aliphatic heterocycles. The molecule has 2 aromatic carbocycles. The average molecular weight is 293 g/mol. The Morgan fingerprint density at radius 1 is 1.09 bits per heavy atom. The molecule has 0 saturated carbocycles. The molecule has 2 aromatic rings. The summed E-state index contributed by atoms with van der Waals surface area (Å²) in [6, 6.07) is 12.0. The van der Waals surface area contributed by atoms with Crippen molar-refractivity contribution < 1.29 is 9.84 Å². The first-order valence-electron chi connectivity index (χ1n) is 7.55. The van der Waals surface area contributed by atoms with Crippen molar-refractivity contribution in [1.29, 1.82) is 0 Å². The van der Waals surface area contributed by atoms with Gasteiger partial charge in [-0.25, -0.2) is 0 Å². The monoisotopic (exact) mass is 293 g/mol. The normalized spacial score (nSPS) is 20.7. The van der Waals surface area contributed by atoms with Crippen LogP contribution in [0.1, 0.15) is 38.2 Å². The van der Waals surface area contributed by atoms with Crippen molar-refractivity contribution in [2.75, 3.05) is 5.32 Å². The molecule has 0 saturated heterocycles. The van der Waals surface area contributed by atoms with Crippen LogP contribution in [0.3, 0.4) is 0 Å². The molecule has 112 valence electrons. The van der Waals surface area contributed by atoms with Crippen LogP contribution in [0.2, 0.25) is 0 Å². The van der Waals surface area contributed by atoms with E-state index in [4.69, 9.17) is 4.74 Å². The van der Waals surface area contributed by atoms with Crippen LogP contribution in [-0.4, -0.2) is 10.6 Å². The summed E-state index contributed by atoms with van der Waals surface area (Å²) in [6.07, 6.45) is 1.26. The van der Waals surface area contributed by atoms with Crippen LogP contribution >= 0.6 is 0 Å². The summed E-state index contributed by atoms with van der Waals surface area (Å²) in [5.74, 6) is 0.730. The van der Waals surface area contributed by atoms with Crippen molar-refractivity contribution in [3.63, 3.8) is 0 Å². The topological polar surface area (TPSA) is 41.5 Å². The third kappa shape index (κ3) is 1.86. The van der Waals surface area contributed by atoms with Gasteiger partial charge in [0.2, 0.25) is 6.29 Å². The van der Waals surface area contributed by atoms with E-state index in [-0.39, 0.29) is 5.54 Å². The summed E-state index contributed by atoms with van der Waals surface area (Å²) in [6.45, 7) is 6.37. The minimum absolute atomic E-state index is 0.0935. The number of allylic oxidation sites excluding steroid dienone is 1. The Morgan fingerprint density at radius 2 is 1.86 bits per heavy atom. The lowest BCUT2D eigenvalue weighted by atomic mass is 9.84. The number of benzene rings is 2. The molecule has 0 aromatic heterocycles. The number of rotatable bonds is 0. The SMILES string of the molecule is CC1=CC(C)(C)Nc2ccc3c(c21)C(O)Oc1ccccc1-3. The molecular formula is C19H19NO2.